The lowest BCUT2D eigenvalue weighted by molar-refractivity contribution is -0.192. The Morgan fingerprint density at radius 2 is 2.15 bits per heavy atom. The van der Waals surface area contributed by atoms with Crippen molar-refractivity contribution in [2.24, 2.45) is 0 Å². The zero-order chi connectivity index (χ0) is 15.6. The SMILES string of the molecule is CCOC1(O)CCN(C(=O)OC(C)(C)C)C(C)C1=C=O. The summed E-state index contributed by atoms with van der Waals surface area (Å²) in [5.74, 6) is 0.0746. The van der Waals surface area contributed by atoms with Gasteiger partial charge in [0, 0.05) is 19.6 Å². The van der Waals surface area contributed by atoms with Crippen molar-refractivity contribution < 1.29 is 24.2 Å². The second-order valence-electron chi connectivity index (χ2n) is 5.83. The Morgan fingerprint density at radius 1 is 1.55 bits per heavy atom. The molecular weight excluding hydrogens is 262 g/mol. The van der Waals surface area contributed by atoms with Gasteiger partial charge in [-0.2, -0.15) is 0 Å². The van der Waals surface area contributed by atoms with Crippen LogP contribution >= 0.6 is 0 Å². The highest BCUT2D eigenvalue weighted by molar-refractivity contribution is 5.71. The molecule has 0 bridgehead atoms. The summed E-state index contributed by atoms with van der Waals surface area (Å²) in [6.07, 6.45) is -0.397. The fraction of sp³-hybridized carbons (Fsp3) is 0.786. The van der Waals surface area contributed by atoms with Gasteiger partial charge in [-0.05, 0) is 34.6 Å². The van der Waals surface area contributed by atoms with Gasteiger partial charge < -0.3 is 19.5 Å². The van der Waals surface area contributed by atoms with Gasteiger partial charge in [0.25, 0.3) is 0 Å². The topological polar surface area (TPSA) is 76.1 Å². The zero-order valence-electron chi connectivity index (χ0n) is 12.7. The maximum atomic E-state index is 12.1. The monoisotopic (exact) mass is 285 g/mol. The molecule has 1 aliphatic rings. The maximum Gasteiger partial charge on any atom is 0.410 e. The molecule has 0 saturated carbocycles. The summed E-state index contributed by atoms with van der Waals surface area (Å²) >= 11 is 0. The molecule has 0 aromatic rings. The van der Waals surface area contributed by atoms with E-state index in [2.05, 4.69) is 0 Å². The van der Waals surface area contributed by atoms with Gasteiger partial charge in [-0.25, -0.2) is 9.59 Å². The van der Waals surface area contributed by atoms with Crippen molar-refractivity contribution in [2.45, 2.75) is 58.5 Å². The van der Waals surface area contributed by atoms with E-state index in [4.69, 9.17) is 9.47 Å². The number of ether oxygens (including phenoxy) is 2. The van der Waals surface area contributed by atoms with Gasteiger partial charge in [0.05, 0.1) is 11.6 Å². The molecule has 1 fully saturated rings. The van der Waals surface area contributed by atoms with Gasteiger partial charge in [0.2, 0.25) is 5.79 Å². The largest absolute Gasteiger partial charge is 0.444 e. The lowest BCUT2D eigenvalue weighted by atomic mass is 9.92. The molecule has 0 radical (unpaired) electrons. The summed E-state index contributed by atoms with van der Waals surface area (Å²) in [7, 11) is 0. The molecule has 6 nitrogen and oxygen atoms in total. The first-order chi connectivity index (χ1) is 9.14. The summed E-state index contributed by atoms with van der Waals surface area (Å²) in [5.41, 5.74) is -0.591. The van der Waals surface area contributed by atoms with E-state index >= 15 is 0 Å². The number of rotatable bonds is 2. The summed E-state index contributed by atoms with van der Waals surface area (Å²) in [6, 6.07) is -0.618. The summed E-state index contributed by atoms with van der Waals surface area (Å²) in [4.78, 5) is 24.6. The molecule has 1 rings (SSSR count). The zero-order valence-corrected chi connectivity index (χ0v) is 12.7. The Labute approximate surface area is 119 Å². The van der Waals surface area contributed by atoms with E-state index in [1.165, 1.54) is 4.90 Å². The number of nitrogens with zero attached hydrogens (tertiary/aromatic N) is 1. The van der Waals surface area contributed by atoms with Gasteiger partial charge in [0.15, 0.2) is 0 Å². The molecule has 0 aliphatic carbocycles. The predicted octanol–water partition coefficient (Wildman–Crippen LogP) is 1.50. The Kier molecular flexibility index (Phi) is 4.97. The van der Waals surface area contributed by atoms with E-state index in [9.17, 15) is 14.7 Å². The Balaban J connectivity index is 2.92. The van der Waals surface area contributed by atoms with Crippen molar-refractivity contribution in [3.05, 3.63) is 5.57 Å². The van der Waals surface area contributed by atoms with Crippen LogP contribution in [0.25, 0.3) is 0 Å². The van der Waals surface area contributed by atoms with Gasteiger partial charge >= 0.3 is 6.09 Å². The van der Waals surface area contributed by atoms with Crippen LogP contribution in [0.3, 0.4) is 0 Å². The van der Waals surface area contributed by atoms with Crippen LogP contribution in [0, 0.1) is 0 Å². The summed E-state index contributed by atoms with van der Waals surface area (Å²) < 4.78 is 10.5. The van der Waals surface area contributed by atoms with Gasteiger partial charge in [-0.15, -0.1) is 0 Å². The van der Waals surface area contributed by atoms with Crippen molar-refractivity contribution in [2.75, 3.05) is 13.2 Å². The standard InChI is InChI=1S/C14H23NO5/c1-6-19-14(18)7-8-15(10(2)11(14)9-16)12(17)20-13(3,4)5/h10,18H,6-8H2,1-5H3. The van der Waals surface area contributed by atoms with Crippen LogP contribution in [0.15, 0.2) is 5.57 Å². The molecule has 1 aliphatic heterocycles. The average molecular weight is 285 g/mol. The minimum absolute atomic E-state index is 0.0245. The molecule has 6 heteroatoms. The second-order valence-corrected chi connectivity index (χ2v) is 5.83. The van der Waals surface area contributed by atoms with Crippen LogP contribution in [-0.4, -0.2) is 52.6 Å². The number of aliphatic hydroxyl groups is 1. The Hall–Kier alpha value is -1.36. The van der Waals surface area contributed by atoms with Gasteiger partial charge in [-0.1, -0.05) is 0 Å². The van der Waals surface area contributed by atoms with E-state index in [-0.39, 0.29) is 25.1 Å². The third-order valence-corrected chi connectivity index (χ3v) is 3.12. The van der Waals surface area contributed by atoms with E-state index in [1.807, 2.05) is 0 Å². The molecule has 2 atom stereocenters. The van der Waals surface area contributed by atoms with E-state index in [0.29, 0.717) is 0 Å². The quantitative estimate of drug-likeness (QED) is 0.614. The molecule has 0 aromatic carbocycles. The lowest BCUT2D eigenvalue weighted by Crippen LogP contribution is -2.55. The second kappa shape index (κ2) is 5.95. The predicted molar refractivity (Wildman–Crippen MR) is 72.8 cm³/mol. The number of carbonyl (C=O) groups excluding carboxylic acids is 2. The molecule has 114 valence electrons. The minimum Gasteiger partial charge on any atom is -0.444 e. The first-order valence-electron chi connectivity index (χ1n) is 6.76. The smallest absolute Gasteiger partial charge is 0.410 e. The Bertz CT molecular complexity index is 422. The number of piperidine rings is 1. The molecule has 1 amide bonds. The molecule has 1 N–H and O–H groups in total. The Morgan fingerprint density at radius 3 is 2.60 bits per heavy atom. The normalized spacial score (nSPS) is 27.2. The highest BCUT2D eigenvalue weighted by atomic mass is 16.6. The van der Waals surface area contributed by atoms with Crippen LogP contribution in [0.2, 0.25) is 0 Å². The average Bonchev–Trinajstić information content (AvgIpc) is 2.27. The first kappa shape index (κ1) is 16.7. The molecule has 0 spiro atoms. The number of hydrogen-bond acceptors (Lipinski definition) is 5. The molecule has 0 aromatic heterocycles. The van der Waals surface area contributed by atoms with Crippen LogP contribution in [0.4, 0.5) is 4.79 Å². The van der Waals surface area contributed by atoms with E-state index < -0.39 is 23.5 Å². The van der Waals surface area contributed by atoms with Crippen molar-refractivity contribution in [3.63, 3.8) is 0 Å². The fourth-order valence-corrected chi connectivity index (χ4v) is 2.21. The number of hydrogen-bond donors (Lipinski definition) is 1. The van der Waals surface area contributed by atoms with Crippen molar-refractivity contribution in [1.29, 1.82) is 0 Å². The third-order valence-electron chi connectivity index (χ3n) is 3.12. The van der Waals surface area contributed by atoms with E-state index in [1.54, 1.807) is 40.6 Å². The number of likely N-dealkylation sites (tertiary alicyclic amines) is 1. The van der Waals surface area contributed by atoms with Crippen molar-refractivity contribution in [3.8, 4) is 0 Å². The molecule has 20 heavy (non-hydrogen) atoms. The van der Waals surface area contributed by atoms with Gasteiger partial charge in [-0.3, -0.25) is 0 Å². The summed E-state index contributed by atoms with van der Waals surface area (Å²) in [6.45, 7) is 9.20. The van der Waals surface area contributed by atoms with Crippen LogP contribution in [0.5, 0.6) is 0 Å². The first-order valence-corrected chi connectivity index (χ1v) is 6.76. The number of amides is 1. The third kappa shape index (κ3) is 3.60. The highest BCUT2D eigenvalue weighted by Crippen LogP contribution is 2.32. The number of carbonyl (C=O) groups is 1. The van der Waals surface area contributed by atoms with Gasteiger partial charge in [0.1, 0.15) is 11.5 Å². The maximum absolute atomic E-state index is 12.1. The van der Waals surface area contributed by atoms with Crippen LogP contribution in [-0.2, 0) is 14.3 Å². The molecule has 2 unspecified atom stereocenters. The molecule has 1 saturated heterocycles. The molecular formula is C14H23NO5. The van der Waals surface area contributed by atoms with Crippen molar-refractivity contribution in [1.82, 2.24) is 4.90 Å². The van der Waals surface area contributed by atoms with Crippen molar-refractivity contribution >= 4 is 12.0 Å². The highest BCUT2D eigenvalue weighted by Gasteiger charge is 2.45. The van der Waals surface area contributed by atoms with E-state index in [0.717, 1.165) is 0 Å². The minimum atomic E-state index is -1.64. The van der Waals surface area contributed by atoms with Crippen LogP contribution < -0.4 is 0 Å². The lowest BCUT2D eigenvalue weighted by Gasteiger charge is -2.42. The van der Waals surface area contributed by atoms with Crippen LogP contribution in [0.1, 0.15) is 41.0 Å². The fourth-order valence-electron chi connectivity index (χ4n) is 2.21. The molecule has 1 heterocycles. The summed E-state index contributed by atoms with van der Waals surface area (Å²) in [5, 5.41) is 10.3.